The van der Waals surface area contributed by atoms with Crippen LogP contribution in [0.15, 0.2) is 52.5 Å². The zero-order valence-electron chi connectivity index (χ0n) is 17.7. The van der Waals surface area contributed by atoms with Crippen molar-refractivity contribution in [2.45, 2.75) is 0 Å². The molecule has 13 heteroatoms. The summed E-state index contributed by atoms with van der Waals surface area (Å²) in [6.45, 7) is 0. The number of thiocarbonyl (C=S) groups is 2. The van der Waals surface area contributed by atoms with E-state index < -0.39 is 7.15 Å². The Labute approximate surface area is 222 Å². The number of aromatic nitrogens is 2. The Morgan fingerprint density at radius 1 is 0.909 bits per heavy atom. The highest BCUT2D eigenvalue weighted by Crippen LogP contribution is 2.38. The first-order chi connectivity index (χ1) is 16.4. The van der Waals surface area contributed by atoms with Crippen molar-refractivity contribution in [3.05, 3.63) is 57.4 Å². The second-order valence-electron chi connectivity index (χ2n) is 5.46. The largest absolute Gasteiger partial charge is 0.388 e. The van der Waals surface area contributed by atoms with Crippen LogP contribution >= 0.6 is 81.1 Å². The van der Waals surface area contributed by atoms with Crippen molar-refractivity contribution in [3.63, 3.8) is 0 Å². The molecule has 0 radical (unpaired) electrons. The third-order valence-electron chi connectivity index (χ3n) is 3.34. The van der Waals surface area contributed by atoms with Gasteiger partial charge in [-0.1, -0.05) is 65.3 Å². The van der Waals surface area contributed by atoms with E-state index in [-0.39, 0.29) is 9.98 Å². The lowest BCUT2D eigenvalue weighted by atomic mass is 10.5. The molecule has 0 aliphatic rings. The summed E-state index contributed by atoms with van der Waals surface area (Å²) in [5.74, 6) is 0. The molecule has 0 aliphatic heterocycles. The molecule has 5 nitrogen and oxygen atoms in total. The van der Waals surface area contributed by atoms with E-state index in [1.54, 1.807) is 51.4 Å². The van der Waals surface area contributed by atoms with Crippen LogP contribution in [-0.2, 0) is 0 Å². The predicted octanol–water partition coefficient (Wildman–Crippen LogP) is 6.91. The van der Waals surface area contributed by atoms with Crippen molar-refractivity contribution in [2.24, 2.45) is 11.5 Å². The molecule has 0 spiro atoms. The van der Waals surface area contributed by atoms with Crippen molar-refractivity contribution in [1.29, 1.82) is 0 Å². The van der Waals surface area contributed by atoms with E-state index in [1.165, 1.54) is 21.1 Å². The molecule has 5 rings (SSSR count). The number of carbonyl (C=O) groups excluding carboxylic acids is 1. The number of nitrogens with zero attached hydrogens (tertiary/aromatic N) is 2. The summed E-state index contributed by atoms with van der Waals surface area (Å²) in [4.78, 5) is 24.8. The fraction of sp³-hybridized carbons (Fsp3) is 0.0500. The summed E-state index contributed by atoms with van der Waals surface area (Å²) >= 11 is 16.9. The van der Waals surface area contributed by atoms with Gasteiger partial charge in [0.2, 0.25) is 0 Å². The highest BCUT2D eigenvalue weighted by atomic mass is 32.1. The summed E-state index contributed by atoms with van der Waals surface area (Å²) in [6.07, 6.45) is 0.852. The van der Waals surface area contributed by atoms with Gasteiger partial charge in [0.25, 0.3) is 0 Å². The Morgan fingerprint density at radius 2 is 1.33 bits per heavy atom. The summed E-state index contributed by atoms with van der Waals surface area (Å²) in [5, 5.41) is 8.20. The Balaban J connectivity index is 0.000000212. The lowest BCUT2D eigenvalue weighted by Crippen LogP contribution is -2.26. The van der Waals surface area contributed by atoms with Gasteiger partial charge in [-0.3, -0.25) is 9.18 Å². The third-order valence-corrected chi connectivity index (χ3v) is 8.81. The molecule has 0 aliphatic carbocycles. The first kappa shape index (κ1) is 25.6. The van der Waals surface area contributed by atoms with Gasteiger partial charge in [-0.15, -0.1) is 34.0 Å². The lowest BCUT2D eigenvalue weighted by molar-refractivity contribution is 0.112. The molecule has 5 aromatic rings. The van der Waals surface area contributed by atoms with E-state index in [0.717, 1.165) is 30.8 Å². The number of thiazole rings is 2. The van der Waals surface area contributed by atoms with E-state index in [9.17, 15) is 9.18 Å². The minimum Gasteiger partial charge on any atom is -0.388 e. The average molecular weight is 574 g/mol. The number of fused-ring (bicyclic) bond motifs is 1. The Kier molecular flexibility index (Phi) is 11.1. The molecular weight excluding hydrogens is 556 g/mol. The van der Waals surface area contributed by atoms with Crippen LogP contribution in [0.25, 0.3) is 29.4 Å². The fourth-order valence-electron chi connectivity index (χ4n) is 2.01. The van der Waals surface area contributed by atoms with Crippen LogP contribution in [0.3, 0.4) is 0 Å². The summed E-state index contributed by atoms with van der Waals surface area (Å²) in [5.41, 5.74) is 9.80. The standard InChI is InChI=1S/C12H6N2S4.C5H4OS.C2H4N2S2.CH3F/c1-3-7(15-5-1)9-13-11-12(17-9)14-10(18-11)8-4-2-6-16-8;6-4-5-2-1-3-7-5;3-1(5)2(4)6;1-2/h1-6H;1-4H;(H2,3,5)(H2,4,6);1H3/i;;;1D. The number of nitrogens with two attached hydrogens (primary N) is 2. The molecule has 0 unspecified atom stereocenters. The Bertz CT molecular complexity index is 1170. The number of halogens is 1. The van der Waals surface area contributed by atoms with Gasteiger partial charge in [0.1, 0.15) is 20.0 Å². The van der Waals surface area contributed by atoms with Crippen molar-refractivity contribution >= 4 is 107 Å². The Hall–Kier alpha value is -2.00. The molecular formula is C20H17FN4OS7. The molecule has 0 aromatic carbocycles. The van der Waals surface area contributed by atoms with Gasteiger partial charge in [0.05, 0.1) is 23.2 Å². The zero-order chi connectivity index (χ0) is 24.9. The van der Waals surface area contributed by atoms with E-state index in [0.29, 0.717) is 0 Å². The van der Waals surface area contributed by atoms with Crippen molar-refractivity contribution in [1.82, 2.24) is 9.97 Å². The molecule has 33 heavy (non-hydrogen) atoms. The second kappa shape index (κ2) is 14.3. The van der Waals surface area contributed by atoms with Gasteiger partial charge in [0, 0.05) is 0 Å². The quantitative estimate of drug-likeness (QED) is 0.179. The highest BCUT2D eigenvalue weighted by molar-refractivity contribution is 7.89. The van der Waals surface area contributed by atoms with E-state index >= 15 is 0 Å². The zero-order valence-corrected chi connectivity index (χ0v) is 22.4. The molecule has 0 atom stereocenters. The minimum absolute atomic E-state index is 0.102. The maximum atomic E-state index is 9.96. The summed E-state index contributed by atoms with van der Waals surface area (Å²) in [7, 11) is -1.00. The van der Waals surface area contributed by atoms with Crippen molar-refractivity contribution < 1.29 is 10.6 Å². The lowest BCUT2D eigenvalue weighted by Gasteiger charge is -1.87. The van der Waals surface area contributed by atoms with Crippen LogP contribution in [-0.4, -0.2) is 33.4 Å². The number of hydrogen-bond acceptors (Lipinski definition) is 10. The fourth-order valence-corrected chi connectivity index (χ4v) is 6.17. The average Bonchev–Trinajstić information content (AvgIpc) is 3.61. The van der Waals surface area contributed by atoms with Crippen LogP contribution in [0.1, 0.15) is 11.0 Å². The maximum absolute atomic E-state index is 9.96. The number of hydrogen-bond donors (Lipinski definition) is 2. The van der Waals surface area contributed by atoms with Crippen LogP contribution in [0, 0.1) is 0 Å². The number of rotatable bonds is 3. The van der Waals surface area contributed by atoms with Crippen LogP contribution in [0.4, 0.5) is 4.39 Å². The van der Waals surface area contributed by atoms with Gasteiger partial charge in [0.15, 0.2) is 15.9 Å². The topological polar surface area (TPSA) is 94.9 Å². The number of aldehydes is 1. The first-order valence-electron chi connectivity index (χ1n) is 9.38. The normalized spacial score (nSPS) is 9.91. The minimum atomic E-state index is -1.00. The molecule has 5 heterocycles. The summed E-state index contributed by atoms with van der Waals surface area (Å²) in [6, 6.07) is 12.0. The molecule has 0 saturated heterocycles. The molecule has 0 amide bonds. The highest BCUT2D eigenvalue weighted by Gasteiger charge is 2.13. The van der Waals surface area contributed by atoms with E-state index in [1.807, 2.05) is 11.4 Å². The van der Waals surface area contributed by atoms with Gasteiger partial charge >= 0.3 is 0 Å². The van der Waals surface area contributed by atoms with Gasteiger partial charge in [-0.2, -0.15) is 0 Å². The number of thiophene rings is 3. The van der Waals surface area contributed by atoms with E-state index in [4.69, 9.17) is 12.8 Å². The van der Waals surface area contributed by atoms with Crippen molar-refractivity contribution in [3.8, 4) is 19.8 Å². The SMILES string of the molecule is NC(=S)C(N)=S.O=Cc1cccs1.[2H]CF.c1csc(-c2nc3sc(-c4cccs4)nc3s2)c1. The van der Waals surface area contributed by atoms with Crippen LogP contribution < -0.4 is 11.5 Å². The van der Waals surface area contributed by atoms with E-state index in [2.05, 4.69) is 69.4 Å². The molecule has 0 fully saturated rings. The van der Waals surface area contributed by atoms with Crippen LogP contribution in [0.2, 0.25) is 0 Å². The molecule has 4 N–H and O–H groups in total. The smallest absolute Gasteiger partial charge is 0.159 e. The molecule has 0 saturated carbocycles. The summed E-state index contributed by atoms with van der Waals surface area (Å²) < 4.78 is 15.5. The van der Waals surface area contributed by atoms with Gasteiger partial charge < -0.3 is 11.5 Å². The number of carbonyl (C=O) groups is 1. The second-order valence-corrected chi connectivity index (χ2v) is 11.2. The van der Waals surface area contributed by atoms with Crippen molar-refractivity contribution in [2.75, 3.05) is 7.15 Å². The predicted molar refractivity (Wildman–Crippen MR) is 152 cm³/mol. The van der Waals surface area contributed by atoms with Crippen LogP contribution in [0.5, 0.6) is 0 Å². The first-order valence-corrected chi connectivity index (χ1v) is 13.8. The monoisotopic (exact) mass is 573 g/mol. The third kappa shape index (κ3) is 8.37. The molecule has 172 valence electrons. The Morgan fingerprint density at radius 3 is 1.61 bits per heavy atom. The number of alkyl halides is 1. The van der Waals surface area contributed by atoms with Gasteiger partial charge in [-0.25, -0.2) is 9.97 Å². The molecule has 5 aromatic heterocycles. The molecule has 0 bridgehead atoms. The van der Waals surface area contributed by atoms with Gasteiger partial charge in [-0.05, 0) is 34.3 Å². The maximum Gasteiger partial charge on any atom is 0.159 e.